The number of rotatable bonds is 5. The number of aromatic nitrogens is 3. The molecule has 0 aliphatic carbocycles. The van der Waals surface area contributed by atoms with Crippen LogP contribution in [0.15, 0.2) is 24.3 Å². The molecule has 5 nitrogen and oxygen atoms in total. The van der Waals surface area contributed by atoms with Crippen LogP contribution in [0.3, 0.4) is 0 Å². The van der Waals surface area contributed by atoms with E-state index in [2.05, 4.69) is 27.2 Å². The second-order valence-electron chi connectivity index (χ2n) is 6.02. The Bertz CT molecular complexity index is 610. The number of hydrogen-bond donors (Lipinski definition) is 1. The molecule has 1 N–H and O–H groups in total. The molecular weight excluding hydrogens is 276 g/mol. The summed E-state index contributed by atoms with van der Waals surface area (Å²) in [7, 11) is 1.76. The summed E-state index contributed by atoms with van der Waals surface area (Å²) in [5, 5.41) is 7.30. The minimum atomic E-state index is 0.505. The highest BCUT2D eigenvalue weighted by Gasteiger charge is 2.22. The largest absolute Gasteiger partial charge is 0.383 e. The van der Waals surface area contributed by atoms with Gasteiger partial charge in [0.2, 0.25) is 0 Å². The molecule has 22 heavy (non-hydrogen) atoms. The van der Waals surface area contributed by atoms with E-state index in [0.717, 1.165) is 43.3 Å². The van der Waals surface area contributed by atoms with Gasteiger partial charge in [-0.3, -0.25) is 10.1 Å². The van der Waals surface area contributed by atoms with Gasteiger partial charge in [-0.15, -0.1) is 0 Å². The van der Waals surface area contributed by atoms with E-state index in [-0.39, 0.29) is 0 Å². The maximum Gasteiger partial charge on any atom is 0.111 e. The maximum absolute atomic E-state index is 5.20. The van der Waals surface area contributed by atoms with Gasteiger partial charge in [0.1, 0.15) is 5.69 Å². The van der Waals surface area contributed by atoms with Gasteiger partial charge in [0.05, 0.1) is 12.3 Å². The minimum absolute atomic E-state index is 0.505. The topological polar surface area (TPSA) is 54.0 Å². The zero-order valence-electron chi connectivity index (χ0n) is 13.4. The van der Waals surface area contributed by atoms with Gasteiger partial charge in [-0.2, -0.15) is 5.10 Å². The molecule has 0 bridgehead atoms. The number of nitrogens with zero attached hydrogens (tertiary/aromatic N) is 3. The zero-order chi connectivity index (χ0) is 15.4. The number of likely N-dealkylation sites (tertiary alicyclic amines) is 1. The lowest BCUT2D eigenvalue weighted by Gasteiger charge is -2.32. The molecule has 3 heterocycles. The van der Waals surface area contributed by atoms with E-state index in [1.807, 2.05) is 19.1 Å². The van der Waals surface area contributed by atoms with Crippen molar-refractivity contribution in [2.45, 2.75) is 25.7 Å². The van der Waals surface area contributed by atoms with Crippen LogP contribution in [0, 0.1) is 6.92 Å². The van der Waals surface area contributed by atoms with Crippen LogP contribution in [-0.4, -0.2) is 53.4 Å². The van der Waals surface area contributed by atoms with Gasteiger partial charge < -0.3 is 9.64 Å². The molecule has 1 fully saturated rings. The molecule has 1 aliphatic rings. The Morgan fingerprint density at radius 2 is 2.27 bits per heavy atom. The summed E-state index contributed by atoms with van der Waals surface area (Å²) in [6.07, 6.45) is 2.43. The van der Waals surface area contributed by atoms with Gasteiger partial charge in [-0.05, 0) is 44.5 Å². The average Bonchev–Trinajstić information content (AvgIpc) is 3.00. The quantitative estimate of drug-likeness (QED) is 0.922. The first-order chi connectivity index (χ1) is 10.8. The van der Waals surface area contributed by atoms with Crippen LogP contribution < -0.4 is 0 Å². The summed E-state index contributed by atoms with van der Waals surface area (Å²) in [4.78, 5) is 7.33. The number of piperidine rings is 1. The summed E-state index contributed by atoms with van der Waals surface area (Å²) in [5.41, 5.74) is 4.12. The molecule has 1 saturated heterocycles. The summed E-state index contributed by atoms with van der Waals surface area (Å²) >= 11 is 0. The highest BCUT2D eigenvalue weighted by atomic mass is 16.5. The number of hydrogen-bond acceptors (Lipinski definition) is 4. The number of H-pyrrole nitrogens is 1. The monoisotopic (exact) mass is 300 g/mol. The number of aromatic amines is 1. The average molecular weight is 300 g/mol. The molecule has 2 aromatic heterocycles. The third kappa shape index (κ3) is 3.54. The molecule has 2 aromatic rings. The van der Waals surface area contributed by atoms with Crippen LogP contribution in [0.5, 0.6) is 0 Å². The highest BCUT2D eigenvalue weighted by molar-refractivity contribution is 5.54. The number of pyridine rings is 1. The van der Waals surface area contributed by atoms with E-state index >= 15 is 0 Å². The number of methoxy groups -OCH3 is 1. The molecule has 3 rings (SSSR count). The third-order valence-electron chi connectivity index (χ3n) is 4.27. The molecule has 0 amide bonds. The van der Waals surface area contributed by atoms with Crippen molar-refractivity contribution in [3.05, 3.63) is 35.7 Å². The van der Waals surface area contributed by atoms with E-state index < -0.39 is 0 Å². The molecule has 0 radical (unpaired) electrons. The molecular formula is C17H24N4O. The van der Waals surface area contributed by atoms with Gasteiger partial charge in [-0.25, -0.2) is 0 Å². The molecule has 118 valence electrons. The Balaban J connectivity index is 1.74. The van der Waals surface area contributed by atoms with E-state index in [1.165, 1.54) is 18.5 Å². The van der Waals surface area contributed by atoms with Crippen LogP contribution in [0.25, 0.3) is 11.4 Å². The smallest absolute Gasteiger partial charge is 0.111 e. The Morgan fingerprint density at radius 1 is 1.36 bits per heavy atom. The molecule has 1 aliphatic heterocycles. The number of nitrogens with one attached hydrogen (secondary N) is 1. The molecule has 5 heteroatoms. The maximum atomic E-state index is 5.20. The normalized spacial score (nSPS) is 19.5. The van der Waals surface area contributed by atoms with Gasteiger partial charge in [0.15, 0.2) is 0 Å². The zero-order valence-corrected chi connectivity index (χ0v) is 13.4. The lowest BCUT2D eigenvalue weighted by atomic mass is 9.94. The lowest BCUT2D eigenvalue weighted by molar-refractivity contribution is 0.127. The van der Waals surface area contributed by atoms with Gasteiger partial charge >= 0.3 is 0 Å². The van der Waals surface area contributed by atoms with Gasteiger partial charge in [0, 0.05) is 37.5 Å². The summed E-state index contributed by atoms with van der Waals surface area (Å²) in [6.45, 7) is 6.05. The Hall–Kier alpha value is -1.72. The first kappa shape index (κ1) is 15.2. The van der Waals surface area contributed by atoms with Crippen molar-refractivity contribution >= 4 is 0 Å². The summed E-state index contributed by atoms with van der Waals surface area (Å²) in [6, 6.07) is 8.31. The highest BCUT2D eigenvalue weighted by Crippen LogP contribution is 2.27. The fourth-order valence-corrected chi connectivity index (χ4v) is 3.09. The van der Waals surface area contributed by atoms with E-state index in [0.29, 0.717) is 5.92 Å². The predicted octanol–water partition coefficient (Wildman–Crippen LogP) is 2.61. The van der Waals surface area contributed by atoms with Crippen LogP contribution in [0.4, 0.5) is 0 Å². The predicted molar refractivity (Wildman–Crippen MR) is 86.8 cm³/mol. The second kappa shape index (κ2) is 7.03. The van der Waals surface area contributed by atoms with Crippen LogP contribution in [0.1, 0.15) is 30.1 Å². The first-order valence-electron chi connectivity index (χ1n) is 7.97. The van der Waals surface area contributed by atoms with Gasteiger partial charge in [-0.1, -0.05) is 6.07 Å². The van der Waals surface area contributed by atoms with Crippen LogP contribution >= 0.6 is 0 Å². The van der Waals surface area contributed by atoms with Crippen molar-refractivity contribution < 1.29 is 4.74 Å². The fourth-order valence-electron chi connectivity index (χ4n) is 3.09. The van der Waals surface area contributed by atoms with Crippen molar-refractivity contribution in [1.29, 1.82) is 0 Å². The number of aryl methyl sites for hydroxylation is 1. The lowest BCUT2D eigenvalue weighted by Crippen LogP contribution is -2.36. The number of ether oxygens (including phenoxy) is 1. The van der Waals surface area contributed by atoms with Crippen LogP contribution in [-0.2, 0) is 4.74 Å². The summed E-state index contributed by atoms with van der Waals surface area (Å²) < 4.78 is 5.20. The Labute approximate surface area is 131 Å². The van der Waals surface area contributed by atoms with E-state index in [1.54, 1.807) is 7.11 Å². The third-order valence-corrected chi connectivity index (χ3v) is 4.27. The van der Waals surface area contributed by atoms with Crippen molar-refractivity contribution in [2.24, 2.45) is 0 Å². The first-order valence-corrected chi connectivity index (χ1v) is 7.97. The van der Waals surface area contributed by atoms with Crippen molar-refractivity contribution in [1.82, 2.24) is 20.1 Å². The van der Waals surface area contributed by atoms with E-state index in [9.17, 15) is 0 Å². The fraction of sp³-hybridized carbons (Fsp3) is 0.529. The molecule has 0 spiro atoms. The van der Waals surface area contributed by atoms with Crippen molar-refractivity contribution in [3.63, 3.8) is 0 Å². The molecule has 1 atom stereocenters. The Morgan fingerprint density at radius 3 is 3.05 bits per heavy atom. The van der Waals surface area contributed by atoms with Crippen molar-refractivity contribution in [2.75, 3.05) is 33.4 Å². The van der Waals surface area contributed by atoms with Crippen LogP contribution in [0.2, 0.25) is 0 Å². The Kier molecular flexibility index (Phi) is 4.85. The van der Waals surface area contributed by atoms with Gasteiger partial charge in [0.25, 0.3) is 0 Å². The summed E-state index contributed by atoms with van der Waals surface area (Å²) in [5.74, 6) is 0.505. The molecule has 1 unspecified atom stereocenters. The second-order valence-corrected chi connectivity index (χ2v) is 6.02. The SMILES string of the molecule is COCCN1CCCC(c2cccc(-c3cc(C)[nH]n3)n2)C1. The van der Waals surface area contributed by atoms with Crippen molar-refractivity contribution in [3.8, 4) is 11.4 Å². The standard InChI is InChI=1S/C17H24N4O/c1-13-11-17(20-19-13)16-7-3-6-15(18-16)14-5-4-8-21(12-14)9-10-22-2/h3,6-7,11,14H,4-5,8-10,12H2,1-2H3,(H,19,20). The van der Waals surface area contributed by atoms with E-state index in [4.69, 9.17) is 9.72 Å². The minimum Gasteiger partial charge on any atom is -0.383 e. The molecule has 0 aromatic carbocycles. The molecule has 0 saturated carbocycles.